The van der Waals surface area contributed by atoms with Gasteiger partial charge in [0.1, 0.15) is 12.0 Å². The molecule has 2 saturated heterocycles. The molecule has 6 fully saturated rings. The van der Waals surface area contributed by atoms with Crippen molar-refractivity contribution >= 4 is 5.78 Å². The minimum Gasteiger partial charge on any atom is -0.388 e. The van der Waals surface area contributed by atoms with E-state index in [1.165, 1.54) is 5.57 Å². The molecule has 9 unspecified atom stereocenters. The van der Waals surface area contributed by atoms with E-state index in [9.17, 15) is 9.90 Å². The Hall–Kier alpha value is -0.710. The molecule has 4 nitrogen and oxygen atoms in total. The van der Waals surface area contributed by atoms with Crippen molar-refractivity contribution in [2.45, 2.75) is 70.2 Å². The number of piperidine rings is 1. The smallest absolute Gasteiger partial charge is 0.138 e. The van der Waals surface area contributed by atoms with Gasteiger partial charge >= 0.3 is 0 Å². The Bertz CT molecular complexity index is 792. The lowest BCUT2D eigenvalue weighted by molar-refractivity contribution is -0.275. The maximum Gasteiger partial charge on any atom is 0.138 e. The highest BCUT2D eigenvalue weighted by Gasteiger charge is 2.88. The Labute approximate surface area is 155 Å². The van der Waals surface area contributed by atoms with Crippen LogP contribution >= 0.6 is 0 Å². The lowest BCUT2D eigenvalue weighted by Gasteiger charge is -2.69. The van der Waals surface area contributed by atoms with Gasteiger partial charge in [0.25, 0.3) is 0 Å². The number of ether oxygens (including phenoxy) is 1. The third-order valence-electron chi connectivity index (χ3n) is 10.4. The van der Waals surface area contributed by atoms with E-state index < -0.39 is 5.60 Å². The van der Waals surface area contributed by atoms with Crippen LogP contribution < -0.4 is 0 Å². The molecule has 2 heterocycles. The molecule has 8 rings (SSSR count). The number of nitrogens with zero attached hydrogens (tertiary/aromatic N) is 1. The summed E-state index contributed by atoms with van der Waals surface area (Å²) in [7, 11) is 0. The van der Waals surface area contributed by atoms with Gasteiger partial charge in [-0.05, 0) is 44.4 Å². The Morgan fingerprint density at radius 1 is 1.35 bits per heavy atom. The molecular formula is C22H29NO3. The molecule has 0 radical (unpaired) electrons. The SMILES string of the molecule is CC1=CC23CC(=O)C4C5(C)CCCC46C(C2CC1CC36O)N1CCOC15. The topological polar surface area (TPSA) is 49.8 Å². The molecule has 4 heteroatoms. The van der Waals surface area contributed by atoms with Crippen molar-refractivity contribution in [2.24, 2.45) is 34.0 Å². The maximum atomic E-state index is 13.7. The Morgan fingerprint density at radius 2 is 2.19 bits per heavy atom. The van der Waals surface area contributed by atoms with Gasteiger partial charge in [0.05, 0.1) is 12.2 Å². The molecule has 6 bridgehead atoms. The van der Waals surface area contributed by atoms with E-state index in [1.54, 1.807) is 0 Å². The van der Waals surface area contributed by atoms with Crippen molar-refractivity contribution in [3.05, 3.63) is 11.6 Å². The van der Waals surface area contributed by atoms with Gasteiger partial charge in [-0.2, -0.15) is 0 Å². The molecule has 0 aromatic rings. The summed E-state index contributed by atoms with van der Waals surface area (Å²) in [5.74, 6) is 1.36. The van der Waals surface area contributed by atoms with Crippen LogP contribution in [0.15, 0.2) is 11.6 Å². The molecule has 0 aromatic carbocycles. The van der Waals surface area contributed by atoms with E-state index in [4.69, 9.17) is 4.74 Å². The van der Waals surface area contributed by atoms with Crippen LogP contribution in [0.4, 0.5) is 0 Å². The number of allylic oxidation sites excluding steroid dienone is 1. The number of Topliss-reactive ketones (excluding diaryl/α,β-unsaturated/α-hetero) is 1. The van der Waals surface area contributed by atoms with Gasteiger partial charge < -0.3 is 9.84 Å². The normalized spacial score (nSPS) is 64.5. The second kappa shape index (κ2) is 4.01. The van der Waals surface area contributed by atoms with Gasteiger partial charge in [-0.3, -0.25) is 9.69 Å². The lowest BCUT2D eigenvalue weighted by atomic mass is 9.38. The third kappa shape index (κ3) is 1.15. The first-order valence-electron chi connectivity index (χ1n) is 10.7. The number of fused-ring (bicyclic) bond motifs is 3. The largest absolute Gasteiger partial charge is 0.388 e. The van der Waals surface area contributed by atoms with Crippen LogP contribution in [0, 0.1) is 34.0 Å². The fourth-order valence-electron chi connectivity index (χ4n) is 10.1. The first-order chi connectivity index (χ1) is 12.4. The van der Waals surface area contributed by atoms with Crippen LogP contribution in [-0.4, -0.2) is 46.8 Å². The number of rotatable bonds is 0. The second-order valence-corrected chi connectivity index (χ2v) is 10.9. The van der Waals surface area contributed by atoms with Crippen LogP contribution in [0.3, 0.4) is 0 Å². The third-order valence-corrected chi connectivity index (χ3v) is 10.4. The number of carbonyl (C=O) groups excluding carboxylic acids is 1. The van der Waals surface area contributed by atoms with Gasteiger partial charge in [0.15, 0.2) is 0 Å². The Morgan fingerprint density at radius 3 is 3.04 bits per heavy atom. The highest BCUT2D eigenvalue weighted by Crippen LogP contribution is 2.83. The van der Waals surface area contributed by atoms with Crippen molar-refractivity contribution in [2.75, 3.05) is 13.2 Å². The molecule has 1 N–H and O–H groups in total. The first kappa shape index (κ1) is 15.2. The maximum absolute atomic E-state index is 13.7. The number of ketones is 1. The molecule has 0 aromatic heterocycles. The van der Waals surface area contributed by atoms with Crippen molar-refractivity contribution < 1.29 is 14.6 Å². The highest BCUT2D eigenvalue weighted by molar-refractivity contribution is 5.88. The second-order valence-electron chi connectivity index (χ2n) is 10.9. The Kier molecular flexibility index (Phi) is 2.35. The molecular weight excluding hydrogens is 326 g/mol. The van der Waals surface area contributed by atoms with E-state index in [2.05, 4.69) is 24.8 Å². The number of aliphatic hydroxyl groups is 1. The summed E-state index contributed by atoms with van der Waals surface area (Å²) in [5.41, 5.74) is 0.0662. The first-order valence-corrected chi connectivity index (χ1v) is 10.7. The van der Waals surface area contributed by atoms with Crippen molar-refractivity contribution in [1.29, 1.82) is 0 Å². The molecule has 26 heavy (non-hydrogen) atoms. The molecule has 0 amide bonds. The van der Waals surface area contributed by atoms with E-state index in [0.29, 0.717) is 30.1 Å². The number of hydrogen-bond donors (Lipinski definition) is 1. The summed E-state index contributed by atoms with van der Waals surface area (Å²) in [5, 5.41) is 12.5. The van der Waals surface area contributed by atoms with Crippen molar-refractivity contribution in [3.8, 4) is 0 Å². The van der Waals surface area contributed by atoms with Crippen LogP contribution in [0.1, 0.15) is 52.4 Å². The molecule has 140 valence electrons. The molecule has 4 saturated carbocycles. The monoisotopic (exact) mass is 355 g/mol. The summed E-state index contributed by atoms with van der Waals surface area (Å²) >= 11 is 0. The molecule has 2 spiro atoms. The fraction of sp³-hybridized carbons (Fsp3) is 0.864. The van der Waals surface area contributed by atoms with Crippen LogP contribution in [0.2, 0.25) is 0 Å². The molecule has 9 atom stereocenters. The predicted molar refractivity (Wildman–Crippen MR) is 95.1 cm³/mol. The lowest BCUT2D eigenvalue weighted by Crippen LogP contribution is -2.76. The quantitative estimate of drug-likeness (QED) is 0.679. The zero-order valence-electron chi connectivity index (χ0n) is 15.8. The van der Waals surface area contributed by atoms with Gasteiger partial charge in [-0.15, -0.1) is 0 Å². The van der Waals surface area contributed by atoms with Gasteiger partial charge in [-0.25, -0.2) is 0 Å². The van der Waals surface area contributed by atoms with E-state index in [0.717, 1.165) is 45.3 Å². The average molecular weight is 355 g/mol. The minimum absolute atomic E-state index is 0.0122. The number of carbonyl (C=O) groups is 1. The minimum atomic E-state index is -0.689. The van der Waals surface area contributed by atoms with Gasteiger partial charge in [-0.1, -0.05) is 25.0 Å². The summed E-state index contributed by atoms with van der Waals surface area (Å²) in [6, 6.07) is 0.333. The van der Waals surface area contributed by atoms with E-state index >= 15 is 0 Å². The van der Waals surface area contributed by atoms with Crippen LogP contribution in [-0.2, 0) is 9.53 Å². The summed E-state index contributed by atoms with van der Waals surface area (Å²) < 4.78 is 6.31. The molecule has 8 aliphatic rings. The zero-order valence-corrected chi connectivity index (χ0v) is 15.8. The van der Waals surface area contributed by atoms with Gasteiger partial charge in [0, 0.05) is 41.2 Å². The zero-order chi connectivity index (χ0) is 17.7. The van der Waals surface area contributed by atoms with E-state index in [-0.39, 0.29) is 28.4 Å². The summed E-state index contributed by atoms with van der Waals surface area (Å²) in [6.45, 7) is 6.30. The summed E-state index contributed by atoms with van der Waals surface area (Å²) in [4.78, 5) is 16.3. The number of hydrogen-bond acceptors (Lipinski definition) is 4. The van der Waals surface area contributed by atoms with Crippen molar-refractivity contribution in [1.82, 2.24) is 4.90 Å². The highest BCUT2D eigenvalue weighted by atomic mass is 16.5. The molecule has 6 aliphatic carbocycles. The Balaban J connectivity index is 1.59. The van der Waals surface area contributed by atoms with E-state index in [1.807, 2.05) is 0 Å². The fourth-order valence-corrected chi connectivity index (χ4v) is 10.1. The van der Waals surface area contributed by atoms with Gasteiger partial charge in [0.2, 0.25) is 0 Å². The van der Waals surface area contributed by atoms with Crippen LogP contribution in [0.5, 0.6) is 0 Å². The van der Waals surface area contributed by atoms with Crippen molar-refractivity contribution in [3.63, 3.8) is 0 Å². The summed E-state index contributed by atoms with van der Waals surface area (Å²) in [6.07, 6.45) is 8.30. The average Bonchev–Trinajstić information content (AvgIpc) is 3.05. The molecule has 2 aliphatic heterocycles. The standard InChI is InChI=1S/C22H29NO3/c1-12-9-20-11-15(24)16-19(2)4-3-5-21(16)17(23-6-7-26-18(19)23)14(20)8-13(12)10-22(20,21)25/h9,13-14,16-18,25H,3-8,10-11H2,1-2H3. The van der Waals surface area contributed by atoms with Crippen LogP contribution in [0.25, 0.3) is 0 Å². The predicted octanol–water partition coefficient (Wildman–Crippen LogP) is 2.51.